The first-order valence-corrected chi connectivity index (χ1v) is 7.66. The summed E-state index contributed by atoms with van der Waals surface area (Å²) in [6.45, 7) is 0. The molecule has 24 heavy (non-hydrogen) atoms. The lowest BCUT2D eigenvalue weighted by Crippen LogP contribution is -2.52. The maximum atomic E-state index is 12.4. The predicted molar refractivity (Wildman–Crippen MR) is 70.7 cm³/mol. The summed E-state index contributed by atoms with van der Waals surface area (Å²) in [7, 11) is -6.40. The van der Waals surface area contributed by atoms with Gasteiger partial charge in [-0.25, -0.2) is 9.59 Å². The molecule has 0 spiro atoms. The maximum absolute atomic E-state index is 12.4. The van der Waals surface area contributed by atoms with Gasteiger partial charge in [0.25, 0.3) is 0 Å². The Morgan fingerprint density at radius 3 is 2.25 bits per heavy atom. The number of hydrogen-bond donors (Lipinski definition) is 1. The molecule has 1 heterocycles. The van der Waals surface area contributed by atoms with Crippen LogP contribution in [0.25, 0.3) is 10.8 Å². The maximum Gasteiger partial charge on any atom is 0.528 e. The monoisotopic (exact) mass is 362 g/mol. The third-order valence-corrected chi connectivity index (χ3v) is 4.39. The number of hydroxylamine groups is 4. The van der Waals surface area contributed by atoms with E-state index in [0.717, 1.165) is 6.07 Å². The van der Waals surface area contributed by atoms with E-state index < -0.39 is 43.4 Å². The van der Waals surface area contributed by atoms with Crippen LogP contribution in [0.3, 0.4) is 0 Å². The van der Waals surface area contributed by atoms with E-state index in [1.807, 2.05) is 0 Å². The fraction of sp³-hybridized carbons (Fsp3) is 0.0769. The van der Waals surface area contributed by atoms with Crippen LogP contribution in [0.4, 0.5) is 13.2 Å². The topological polar surface area (TPSA) is 97.7 Å². The second-order valence-electron chi connectivity index (χ2n) is 4.87. The van der Waals surface area contributed by atoms with E-state index in [2.05, 4.69) is 4.28 Å². The Kier molecular flexibility index (Phi) is 3.32. The molecule has 7 nitrogen and oxygen atoms in total. The number of alkyl halides is 3. The number of nitrogens with zero attached hydrogens (tertiary/aromatic N) is 1. The summed E-state index contributed by atoms with van der Waals surface area (Å²) in [5.74, 6) is -3.26. The van der Waals surface area contributed by atoms with Gasteiger partial charge in [-0.05, 0) is 21.1 Å². The van der Waals surface area contributed by atoms with Gasteiger partial charge >= 0.3 is 27.4 Å². The Labute approximate surface area is 132 Å². The van der Waals surface area contributed by atoms with Crippen LogP contribution >= 0.6 is 0 Å². The van der Waals surface area contributed by atoms with Gasteiger partial charge < -0.3 is 0 Å². The summed E-state index contributed by atoms with van der Waals surface area (Å²) in [5, 5.41) is 10.6. The predicted octanol–water partition coefficient (Wildman–Crippen LogP) is 2.12. The Morgan fingerprint density at radius 2 is 1.62 bits per heavy atom. The zero-order valence-electron chi connectivity index (χ0n) is 11.4. The quantitative estimate of drug-likeness (QED) is 0.380. The van der Waals surface area contributed by atoms with Crippen LogP contribution in [0.15, 0.2) is 36.4 Å². The van der Waals surface area contributed by atoms with Gasteiger partial charge in [-0.1, -0.05) is 30.3 Å². The zero-order chi connectivity index (χ0) is 17.9. The average Bonchev–Trinajstić information content (AvgIpc) is 2.68. The molecule has 1 N–H and O–H groups in total. The van der Waals surface area contributed by atoms with Crippen LogP contribution in [0.2, 0.25) is 0 Å². The SMILES string of the molecule is O=C1c2ccc3ccccc3c2C(=O)[N+]1(O)OS(=O)(=O)C(F)(F)F. The van der Waals surface area contributed by atoms with Crippen molar-refractivity contribution in [2.24, 2.45) is 0 Å². The molecule has 3 rings (SSSR count). The van der Waals surface area contributed by atoms with Crippen molar-refractivity contribution >= 4 is 32.7 Å². The largest absolute Gasteiger partial charge is 0.528 e. The molecule has 2 aromatic rings. The minimum atomic E-state index is -6.40. The molecule has 2 aromatic carbocycles. The van der Waals surface area contributed by atoms with Crippen molar-refractivity contribution in [3.05, 3.63) is 47.5 Å². The molecule has 0 aliphatic carbocycles. The second kappa shape index (κ2) is 4.83. The average molecular weight is 362 g/mol. The number of rotatable bonds is 2. The van der Waals surface area contributed by atoms with Gasteiger partial charge in [0, 0.05) is 0 Å². The summed E-state index contributed by atoms with van der Waals surface area (Å²) in [5.41, 5.74) is -6.78. The van der Waals surface area contributed by atoms with E-state index in [1.54, 1.807) is 12.1 Å². The van der Waals surface area contributed by atoms with E-state index in [-0.39, 0.29) is 5.39 Å². The number of benzene rings is 2. The molecule has 0 bridgehead atoms. The first-order chi connectivity index (χ1) is 11.0. The molecule has 0 aromatic heterocycles. The third kappa shape index (κ3) is 2.13. The Morgan fingerprint density at radius 1 is 1.00 bits per heavy atom. The van der Waals surface area contributed by atoms with E-state index in [0.29, 0.717) is 5.39 Å². The van der Waals surface area contributed by atoms with Crippen LogP contribution in [0.5, 0.6) is 0 Å². The summed E-state index contributed by atoms with van der Waals surface area (Å²) >= 11 is 0. The molecule has 1 aliphatic rings. The first-order valence-electron chi connectivity index (χ1n) is 6.25. The second-order valence-corrected chi connectivity index (χ2v) is 6.39. The highest BCUT2D eigenvalue weighted by molar-refractivity contribution is 7.87. The van der Waals surface area contributed by atoms with Crippen molar-refractivity contribution in [1.29, 1.82) is 0 Å². The minimum absolute atomic E-state index is 0.162. The molecule has 11 heteroatoms. The molecule has 0 fully saturated rings. The first kappa shape index (κ1) is 16.5. The molecule has 1 unspecified atom stereocenters. The minimum Gasteiger partial charge on any atom is -0.218 e. The molecule has 2 amide bonds. The van der Waals surface area contributed by atoms with Gasteiger partial charge in [0.15, 0.2) is 0 Å². The number of amides is 2. The smallest absolute Gasteiger partial charge is 0.218 e. The highest BCUT2D eigenvalue weighted by Crippen LogP contribution is 2.37. The van der Waals surface area contributed by atoms with Crippen molar-refractivity contribution in [3.63, 3.8) is 0 Å². The third-order valence-electron chi connectivity index (χ3n) is 3.41. The van der Waals surface area contributed by atoms with E-state index in [4.69, 9.17) is 0 Å². The van der Waals surface area contributed by atoms with Crippen LogP contribution in [0, 0.1) is 0 Å². The van der Waals surface area contributed by atoms with Crippen molar-refractivity contribution < 1.29 is 45.5 Å². The number of carbonyl (C=O) groups is 2. The molecular weight excluding hydrogens is 355 g/mol. The normalized spacial score (nSPS) is 21.3. The molecule has 1 aliphatic heterocycles. The van der Waals surface area contributed by atoms with Crippen LogP contribution in [-0.4, -0.2) is 35.8 Å². The zero-order valence-corrected chi connectivity index (χ0v) is 12.3. The Hall–Kier alpha value is -2.34. The van der Waals surface area contributed by atoms with Crippen molar-refractivity contribution in [3.8, 4) is 0 Å². The standard InChI is InChI=1S/C13H7F3NO6S/c14-13(15,16)24(21,22)23-17(20)11(18)9-6-5-7-3-1-2-4-8(7)10(9)12(17)19/h1-6,20H/q+1. The van der Waals surface area contributed by atoms with Crippen LogP contribution in [0.1, 0.15) is 20.7 Å². The highest BCUT2D eigenvalue weighted by Gasteiger charge is 2.65. The highest BCUT2D eigenvalue weighted by atomic mass is 32.2. The number of imide groups is 1. The summed E-state index contributed by atoms with van der Waals surface area (Å²) in [4.78, 5) is 21.4. The van der Waals surface area contributed by atoms with Gasteiger partial charge in [0.05, 0.1) is 0 Å². The van der Waals surface area contributed by atoms with Gasteiger partial charge in [-0.15, -0.1) is 0 Å². The Bertz CT molecular complexity index is 1000. The molecule has 1 atom stereocenters. The fourth-order valence-electron chi connectivity index (χ4n) is 2.34. The van der Waals surface area contributed by atoms with Crippen LogP contribution < -0.4 is 0 Å². The van der Waals surface area contributed by atoms with Crippen molar-refractivity contribution in [2.75, 3.05) is 0 Å². The van der Waals surface area contributed by atoms with E-state index in [9.17, 15) is 36.4 Å². The molecule has 0 saturated carbocycles. The Balaban J connectivity index is 2.19. The number of hydrogen-bond acceptors (Lipinski definition) is 6. The summed E-state index contributed by atoms with van der Waals surface area (Å²) in [6.07, 6.45) is 0. The number of quaternary nitrogens is 1. The van der Waals surface area contributed by atoms with Gasteiger partial charge in [-0.2, -0.15) is 26.8 Å². The van der Waals surface area contributed by atoms with Crippen molar-refractivity contribution in [1.82, 2.24) is 0 Å². The van der Waals surface area contributed by atoms with Gasteiger partial charge in [0.1, 0.15) is 15.9 Å². The molecule has 126 valence electrons. The van der Waals surface area contributed by atoms with E-state index in [1.165, 1.54) is 18.2 Å². The molecule has 0 saturated heterocycles. The number of halogens is 3. The van der Waals surface area contributed by atoms with Crippen LogP contribution in [-0.2, 0) is 14.4 Å². The van der Waals surface area contributed by atoms with Crippen molar-refractivity contribution in [2.45, 2.75) is 5.51 Å². The molecular formula is C13H7F3NO6S+. The lowest BCUT2D eigenvalue weighted by atomic mass is 10.0. The summed E-state index contributed by atoms with van der Waals surface area (Å²) in [6, 6.07) is 8.56. The fourth-order valence-corrected chi connectivity index (χ4v) is 2.84. The van der Waals surface area contributed by atoms with E-state index >= 15 is 0 Å². The van der Waals surface area contributed by atoms with Gasteiger partial charge in [0.2, 0.25) is 0 Å². The lowest BCUT2D eigenvalue weighted by molar-refractivity contribution is -1.10. The number of carbonyl (C=O) groups excluding carboxylic acids is 2. The van der Waals surface area contributed by atoms with Gasteiger partial charge in [-0.3, -0.25) is 0 Å². The molecule has 0 radical (unpaired) electrons. The number of fused-ring (bicyclic) bond motifs is 3. The summed E-state index contributed by atoms with van der Waals surface area (Å²) < 4.78 is 63.0. The lowest BCUT2D eigenvalue weighted by Gasteiger charge is -2.16.